The molecule has 0 heterocycles. The fourth-order valence-corrected chi connectivity index (χ4v) is 1.85. The van der Waals surface area contributed by atoms with Crippen molar-refractivity contribution in [3.63, 3.8) is 0 Å². The monoisotopic (exact) mass is 240 g/mol. The van der Waals surface area contributed by atoms with Gasteiger partial charge in [0.1, 0.15) is 0 Å². The molecule has 0 unspecified atom stereocenters. The highest BCUT2D eigenvalue weighted by molar-refractivity contribution is 5.82. The smallest absolute Gasteiger partial charge is 0.152 e. The minimum atomic E-state index is 0.0439. The number of rotatable bonds is 6. The Balaban J connectivity index is 1.90. The van der Waals surface area contributed by atoms with Crippen LogP contribution in [0.1, 0.15) is 31.4 Å². The van der Waals surface area contributed by atoms with Crippen molar-refractivity contribution in [2.45, 2.75) is 25.9 Å². The molecule has 1 aliphatic rings. The lowest BCUT2D eigenvalue weighted by molar-refractivity contribution is 0.0526. The van der Waals surface area contributed by atoms with Crippen molar-refractivity contribution < 1.29 is 4.84 Å². The van der Waals surface area contributed by atoms with Gasteiger partial charge in [0.05, 0.1) is 6.21 Å². The molecule has 2 rings (SSSR count). The molecule has 1 aliphatic carbocycles. The number of oxime groups is 1. The predicted molar refractivity (Wildman–Crippen MR) is 74.1 cm³/mol. The van der Waals surface area contributed by atoms with Gasteiger partial charge in [-0.05, 0) is 37.7 Å². The Morgan fingerprint density at radius 1 is 1.17 bits per heavy atom. The van der Waals surface area contributed by atoms with Gasteiger partial charge in [0.2, 0.25) is 0 Å². The molecule has 1 fully saturated rings. The summed E-state index contributed by atoms with van der Waals surface area (Å²) in [4.78, 5) is 5.61. The van der Waals surface area contributed by atoms with E-state index in [1.165, 1.54) is 5.56 Å². The SMILES string of the molecule is CCC[C@H](O/N=C/[C]1[CH][CH][CH][CH]1)c1ccccc1. The molecule has 0 aliphatic heterocycles. The number of hydrogen-bond donors (Lipinski definition) is 0. The van der Waals surface area contributed by atoms with Gasteiger partial charge in [-0.2, -0.15) is 0 Å². The Kier molecular flexibility index (Phi) is 5.25. The molecule has 0 aromatic heterocycles. The molecular formula is C16H18NO. The normalized spacial score (nSPS) is 18.3. The second-order valence-electron chi connectivity index (χ2n) is 4.25. The number of hydrogen-bond acceptors (Lipinski definition) is 2. The van der Waals surface area contributed by atoms with Gasteiger partial charge in [-0.3, -0.25) is 0 Å². The molecule has 0 spiro atoms. The maximum Gasteiger partial charge on any atom is 0.152 e. The molecule has 1 aromatic rings. The quantitative estimate of drug-likeness (QED) is 0.545. The van der Waals surface area contributed by atoms with Crippen molar-refractivity contribution in [3.8, 4) is 0 Å². The van der Waals surface area contributed by atoms with Gasteiger partial charge in [0.25, 0.3) is 0 Å². The van der Waals surface area contributed by atoms with Gasteiger partial charge in [-0.25, -0.2) is 0 Å². The van der Waals surface area contributed by atoms with Gasteiger partial charge in [-0.1, -0.05) is 48.8 Å². The topological polar surface area (TPSA) is 21.6 Å². The molecule has 5 radical (unpaired) electrons. The summed E-state index contributed by atoms with van der Waals surface area (Å²) >= 11 is 0. The van der Waals surface area contributed by atoms with Crippen molar-refractivity contribution in [2.24, 2.45) is 5.16 Å². The Morgan fingerprint density at radius 3 is 2.56 bits per heavy atom. The molecule has 18 heavy (non-hydrogen) atoms. The lowest BCUT2D eigenvalue weighted by Gasteiger charge is -2.14. The van der Waals surface area contributed by atoms with Crippen LogP contribution in [0.15, 0.2) is 35.5 Å². The van der Waals surface area contributed by atoms with Crippen LogP contribution in [0, 0.1) is 31.6 Å². The van der Waals surface area contributed by atoms with E-state index in [-0.39, 0.29) is 6.10 Å². The van der Waals surface area contributed by atoms with Crippen LogP contribution in [0.5, 0.6) is 0 Å². The van der Waals surface area contributed by atoms with E-state index in [4.69, 9.17) is 4.84 Å². The highest BCUT2D eigenvalue weighted by atomic mass is 16.6. The molecule has 1 atom stereocenters. The molecule has 93 valence electrons. The fourth-order valence-electron chi connectivity index (χ4n) is 1.85. The van der Waals surface area contributed by atoms with Crippen LogP contribution < -0.4 is 0 Å². The average molecular weight is 240 g/mol. The van der Waals surface area contributed by atoms with Crippen molar-refractivity contribution in [1.82, 2.24) is 0 Å². The maximum atomic E-state index is 5.61. The van der Waals surface area contributed by atoms with E-state index in [0.29, 0.717) is 0 Å². The van der Waals surface area contributed by atoms with Gasteiger partial charge >= 0.3 is 0 Å². The molecule has 1 saturated carbocycles. The van der Waals surface area contributed by atoms with E-state index >= 15 is 0 Å². The summed E-state index contributed by atoms with van der Waals surface area (Å²) in [6.45, 7) is 2.15. The molecular weight excluding hydrogens is 222 g/mol. The summed E-state index contributed by atoms with van der Waals surface area (Å²) in [6, 6.07) is 10.2. The second kappa shape index (κ2) is 7.20. The fraction of sp³-hybridized carbons (Fsp3) is 0.250. The zero-order valence-corrected chi connectivity index (χ0v) is 10.6. The largest absolute Gasteiger partial charge is 0.388 e. The summed E-state index contributed by atoms with van der Waals surface area (Å²) in [7, 11) is 0. The van der Waals surface area contributed by atoms with E-state index in [1.807, 2.05) is 43.9 Å². The standard InChI is InChI=1S/C16H18NO/c1-2-8-16(15-11-4-3-5-12-15)18-17-13-14-9-6-7-10-14/h3-7,9-13,16H,2,8H2,1H3/b17-13+/t16-/m0/s1. The maximum absolute atomic E-state index is 5.61. The van der Waals surface area contributed by atoms with Crippen molar-refractivity contribution in [2.75, 3.05) is 0 Å². The molecule has 2 nitrogen and oxygen atoms in total. The number of nitrogens with zero attached hydrogens (tertiary/aromatic N) is 1. The van der Waals surface area contributed by atoms with Crippen LogP contribution in [-0.4, -0.2) is 6.21 Å². The van der Waals surface area contributed by atoms with Crippen LogP contribution in [0.4, 0.5) is 0 Å². The van der Waals surface area contributed by atoms with Crippen LogP contribution >= 0.6 is 0 Å². The third-order valence-corrected chi connectivity index (χ3v) is 2.80. The Morgan fingerprint density at radius 2 is 1.89 bits per heavy atom. The lowest BCUT2D eigenvalue weighted by atomic mass is 10.1. The average Bonchev–Trinajstić information content (AvgIpc) is 2.92. The second-order valence-corrected chi connectivity index (χ2v) is 4.25. The third-order valence-electron chi connectivity index (χ3n) is 2.80. The molecule has 1 aromatic carbocycles. The zero-order chi connectivity index (χ0) is 12.6. The van der Waals surface area contributed by atoms with Crippen LogP contribution in [0.2, 0.25) is 0 Å². The summed E-state index contributed by atoms with van der Waals surface area (Å²) < 4.78 is 0. The molecule has 2 heteroatoms. The Bertz CT molecular complexity index is 355. The van der Waals surface area contributed by atoms with E-state index in [1.54, 1.807) is 6.21 Å². The molecule has 0 saturated heterocycles. The van der Waals surface area contributed by atoms with E-state index in [2.05, 4.69) is 24.2 Å². The van der Waals surface area contributed by atoms with E-state index in [0.717, 1.165) is 18.8 Å². The van der Waals surface area contributed by atoms with Gasteiger partial charge < -0.3 is 4.84 Å². The Hall–Kier alpha value is -1.31. The first-order chi connectivity index (χ1) is 8.90. The first kappa shape index (κ1) is 13.1. The molecule has 0 N–H and O–H groups in total. The minimum absolute atomic E-state index is 0.0439. The summed E-state index contributed by atoms with van der Waals surface area (Å²) in [6.07, 6.45) is 11.8. The predicted octanol–water partition coefficient (Wildman–Crippen LogP) is 3.94. The summed E-state index contributed by atoms with van der Waals surface area (Å²) in [5.41, 5.74) is 1.18. The highest BCUT2D eigenvalue weighted by Gasteiger charge is 2.15. The first-order valence-corrected chi connectivity index (χ1v) is 6.36. The van der Waals surface area contributed by atoms with Crippen molar-refractivity contribution >= 4 is 6.21 Å². The van der Waals surface area contributed by atoms with Crippen molar-refractivity contribution in [3.05, 3.63) is 67.5 Å². The van der Waals surface area contributed by atoms with Crippen LogP contribution in [-0.2, 0) is 4.84 Å². The van der Waals surface area contributed by atoms with Crippen LogP contribution in [0.25, 0.3) is 0 Å². The van der Waals surface area contributed by atoms with Gasteiger partial charge in [0.15, 0.2) is 6.10 Å². The summed E-state index contributed by atoms with van der Waals surface area (Å²) in [5.74, 6) is 1.07. The molecule has 0 amide bonds. The first-order valence-electron chi connectivity index (χ1n) is 6.36. The van der Waals surface area contributed by atoms with Gasteiger partial charge in [0, 0.05) is 5.92 Å². The lowest BCUT2D eigenvalue weighted by Crippen LogP contribution is -2.02. The van der Waals surface area contributed by atoms with E-state index < -0.39 is 0 Å². The summed E-state index contributed by atoms with van der Waals surface area (Å²) in [5, 5.41) is 4.08. The van der Waals surface area contributed by atoms with E-state index in [9.17, 15) is 0 Å². The van der Waals surface area contributed by atoms with Crippen molar-refractivity contribution in [1.29, 1.82) is 0 Å². The zero-order valence-electron chi connectivity index (χ0n) is 10.6. The highest BCUT2D eigenvalue weighted by Crippen LogP contribution is 2.24. The molecule has 0 bridgehead atoms. The minimum Gasteiger partial charge on any atom is -0.388 e. The van der Waals surface area contributed by atoms with Gasteiger partial charge in [-0.15, -0.1) is 0 Å². The third kappa shape index (κ3) is 3.86. The Labute approximate surface area is 110 Å². The number of benzene rings is 1. The van der Waals surface area contributed by atoms with Crippen LogP contribution in [0.3, 0.4) is 0 Å².